The molecule has 0 radical (unpaired) electrons. The molecule has 2 aromatic rings. The zero-order valence-corrected chi connectivity index (χ0v) is 8.68. The van der Waals surface area contributed by atoms with E-state index in [0.29, 0.717) is 0 Å². The van der Waals surface area contributed by atoms with Crippen LogP contribution in [0.1, 0.15) is 0 Å². The number of hydrogen-bond donors (Lipinski definition) is 3. The van der Waals surface area contributed by atoms with Gasteiger partial charge in [0.25, 0.3) is 0 Å². The summed E-state index contributed by atoms with van der Waals surface area (Å²) in [6.07, 6.45) is 0. The highest BCUT2D eigenvalue weighted by molar-refractivity contribution is 5.47. The number of nitrogens with one attached hydrogen (secondary N) is 1. The maximum Gasteiger partial charge on any atom is 0.127 e. The summed E-state index contributed by atoms with van der Waals surface area (Å²) >= 11 is 0. The largest absolute Gasteiger partial charge is 0.457 e. The topological polar surface area (TPSA) is 73.3 Å². The second-order valence-electron chi connectivity index (χ2n) is 3.34. The molecule has 4 nitrogen and oxygen atoms in total. The molecule has 82 valence electrons. The number of benzene rings is 2. The van der Waals surface area contributed by atoms with E-state index in [1.807, 2.05) is 36.4 Å². The van der Waals surface area contributed by atoms with Gasteiger partial charge in [0.1, 0.15) is 11.5 Å². The lowest BCUT2D eigenvalue weighted by Crippen LogP contribution is -2.05. The van der Waals surface area contributed by atoms with Crippen molar-refractivity contribution in [2.75, 3.05) is 11.2 Å². The number of anilines is 2. The second-order valence-corrected chi connectivity index (χ2v) is 3.34. The molecule has 0 unspecified atom stereocenters. The van der Waals surface area contributed by atoms with Gasteiger partial charge in [0.15, 0.2) is 0 Å². The predicted molar refractivity (Wildman–Crippen MR) is 65.2 cm³/mol. The van der Waals surface area contributed by atoms with Gasteiger partial charge in [-0.15, -0.1) is 0 Å². The fourth-order valence-electron chi connectivity index (χ4n) is 1.29. The first-order chi connectivity index (χ1) is 7.78. The van der Waals surface area contributed by atoms with Crippen molar-refractivity contribution in [2.24, 2.45) is 5.84 Å². The van der Waals surface area contributed by atoms with Gasteiger partial charge in [0, 0.05) is 11.4 Å². The Hall–Kier alpha value is -2.20. The van der Waals surface area contributed by atoms with Crippen LogP contribution in [0.4, 0.5) is 11.4 Å². The van der Waals surface area contributed by atoms with Crippen LogP contribution in [0.25, 0.3) is 0 Å². The fourth-order valence-corrected chi connectivity index (χ4v) is 1.29. The third-order valence-corrected chi connectivity index (χ3v) is 2.14. The first-order valence-electron chi connectivity index (χ1n) is 4.88. The van der Waals surface area contributed by atoms with Gasteiger partial charge in [0.2, 0.25) is 0 Å². The summed E-state index contributed by atoms with van der Waals surface area (Å²) < 4.78 is 5.61. The Kier molecular flexibility index (Phi) is 2.93. The van der Waals surface area contributed by atoms with Crippen molar-refractivity contribution in [3.63, 3.8) is 0 Å². The molecule has 0 aliphatic heterocycles. The van der Waals surface area contributed by atoms with E-state index < -0.39 is 0 Å². The van der Waals surface area contributed by atoms with Crippen molar-refractivity contribution >= 4 is 11.4 Å². The highest BCUT2D eigenvalue weighted by atomic mass is 16.5. The molecule has 2 rings (SSSR count). The molecule has 0 amide bonds. The smallest absolute Gasteiger partial charge is 0.127 e. The number of hydrazine groups is 1. The number of nitrogens with two attached hydrogens (primary N) is 2. The molecule has 0 aromatic heterocycles. The maximum absolute atomic E-state index is 5.61. The Morgan fingerprint density at radius 3 is 1.81 bits per heavy atom. The van der Waals surface area contributed by atoms with Crippen molar-refractivity contribution in [3.8, 4) is 11.5 Å². The molecule has 0 aliphatic rings. The SMILES string of the molecule is NNc1ccc(Oc2ccc(N)cc2)cc1. The summed E-state index contributed by atoms with van der Waals surface area (Å²) in [5.41, 5.74) is 9.69. The zero-order valence-electron chi connectivity index (χ0n) is 8.68. The van der Waals surface area contributed by atoms with Crippen molar-refractivity contribution < 1.29 is 4.74 Å². The minimum atomic E-state index is 0.718. The average molecular weight is 215 g/mol. The van der Waals surface area contributed by atoms with Crippen molar-refractivity contribution in [3.05, 3.63) is 48.5 Å². The highest BCUT2D eigenvalue weighted by Gasteiger charge is 1.96. The van der Waals surface area contributed by atoms with E-state index in [1.165, 1.54) is 0 Å². The number of ether oxygens (including phenoxy) is 1. The summed E-state index contributed by atoms with van der Waals surface area (Å²) in [6.45, 7) is 0. The van der Waals surface area contributed by atoms with E-state index in [-0.39, 0.29) is 0 Å². The number of hydrogen-bond acceptors (Lipinski definition) is 4. The van der Waals surface area contributed by atoms with Crippen molar-refractivity contribution in [1.29, 1.82) is 0 Å². The van der Waals surface area contributed by atoms with E-state index >= 15 is 0 Å². The number of rotatable bonds is 3. The predicted octanol–water partition coefficient (Wildman–Crippen LogP) is 2.35. The third-order valence-electron chi connectivity index (χ3n) is 2.14. The number of nitrogen functional groups attached to an aromatic ring is 2. The lowest BCUT2D eigenvalue weighted by Gasteiger charge is -2.06. The summed E-state index contributed by atoms with van der Waals surface area (Å²) in [6, 6.07) is 14.6. The monoisotopic (exact) mass is 215 g/mol. The van der Waals surface area contributed by atoms with Gasteiger partial charge in [-0.1, -0.05) is 0 Å². The van der Waals surface area contributed by atoms with Crippen LogP contribution in [0.5, 0.6) is 11.5 Å². The van der Waals surface area contributed by atoms with Crippen LogP contribution >= 0.6 is 0 Å². The van der Waals surface area contributed by atoms with Crippen LogP contribution in [0.3, 0.4) is 0 Å². The molecule has 0 saturated heterocycles. The molecular formula is C12H13N3O. The normalized spacial score (nSPS) is 9.81. The van der Waals surface area contributed by atoms with Gasteiger partial charge in [-0.05, 0) is 48.5 Å². The molecule has 0 saturated carbocycles. The van der Waals surface area contributed by atoms with E-state index in [4.69, 9.17) is 16.3 Å². The Morgan fingerprint density at radius 2 is 1.31 bits per heavy atom. The molecule has 0 aliphatic carbocycles. The Morgan fingerprint density at radius 1 is 0.812 bits per heavy atom. The van der Waals surface area contributed by atoms with E-state index in [1.54, 1.807) is 12.1 Å². The Bertz CT molecular complexity index is 451. The van der Waals surface area contributed by atoms with Gasteiger partial charge in [0.05, 0.1) is 0 Å². The summed E-state index contributed by atoms with van der Waals surface area (Å²) in [5.74, 6) is 6.77. The van der Waals surface area contributed by atoms with Crippen LogP contribution in [-0.2, 0) is 0 Å². The molecule has 0 heterocycles. The van der Waals surface area contributed by atoms with Crippen LogP contribution in [-0.4, -0.2) is 0 Å². The molecule has 0 bridgehead atoms. The molecule has 0 atom stereocenters. The Labute approximate surface area is 93.8 Å². The van der Waals surface area contributed by atoms with Crippen LogP contribution in [0.2, 0.25) is 0 Å². The molecule has 0 fully saturated rings. The standard InChI is InChI=1S/C12H13N3O/c13-9-1-5-11(6-2-9)16-12-7-3-10(15-14)4-8-12/h1-8,15H,13-14H2. The lowest BCUT2D eigenvalue weighted by atomic mass is 10.3. The van der Waals surface area contributed by atoms with Crippen molar-refractivity contribution in [2.45, 2.75) is 0 Å². The fraction of sp³-hybridized carbons (Fsp3) is 0. The summed E-state index contributed by atoms with van der Waals surface area (Å²) in [4.78, 5) is 0. The van der Waals surface area contributed by atoms with E-state index in [0.717, 1.165) is 22.9 Å². The van der Waals surface area contributed by atoms with Gasteiger partial charge in [-0.2, -0.15) is 0 Å². The zero-order chi connectivity index (χ0) is 11.4. The molecule has 4 heteroatoms. The van der Waals surface area contributed by atoms with Gasteiger partial charge >= 0.3 is 0 Å². The molecule has 5 N–H and O–H groups in total. The minimum Gasteiger partial charge on any atom is -0.457 e. The van der Waals surface area contributed by atoms with Gasteiger partial charge in [-0.3, -0.25) is 5.84 Å². The highest BCUT2D eigenvalue weighted by Crippen LogP contribution is 2.23. The van der Waals surface area contributed by atoms with Crippen LogP contribution in [0, 0.1) is 0 Å². The molecular weight excluding hydrogens is 202 g/mol. The summed E-state index contributed by atoms with van der Waals surface area (Å²) in [5, 5.41) is 0. The Balaban J connectivity index is 2.11. The van der Waals surface area contributed by atoms with Crippen LogP contribution in [0.15, 0.2) is 48.5 Å². The summed E-state index contributed by atoms with van der Waals surface area (Å²) in [7, 11) is 0. The third kappa shape index (κ3) is 2.43. The average Bonchev–Trinajstić information content (AvgIpc) is 2.33. The minimum absolute atomic E-state index is 0.718. The van der Waals surface area contributed by atoms with E-state index in [9.17, 15) is 0 Å². The second kappa shape index (κ2) is 4.55. The molecule has 16 heavy (non-hydrogen) atoms. The first-order valence-corrected chi connectivity index (χ1v) is 4.88. The van der Waals surface area contributed by atoms with Gasteiger partial charge < -0.3 is 15.9 Å². The lowest BCUT2D eigenvalue weighted by molar-refractivity contribution is 0.483. The van der Waals surface area contributed by atoms with Crippen molar-refractivity contribution in [1.82, 2.24) is 0 Å². The quantitative estimate of drug-likeness (QED) is 0.417. The molecule has 0 spiro atoms. The molecule has 2 aromatic carbocycles. The van der Waals surface area contributed by atoms with E-state index in [2.05, 4.69) is 5.43 Å². The first kappa shape index (κ1) is 10.3. The maximum atomic E-state index is 5.61. The van der Waals surface area contributed by atoms with Gasteiger partial charge in [-0.25, -0.2) is 0 Å². The van der Waals surface area contributed by atoms with Crippen LogP contribution < -0.4 is 21.7 Å².